The van der Waals surface area contributed by atoms with E-state index in [9.17, 15) is 14.4 Å². The fourth-order valence-electron chi connectivity index (χ4n) is 3.37. The van der Waals surface area contributed by atoms with Crippen LogP contribution in [-0.2, 0) is 34.8 Å². The monoisotopic (exact) mass is 559 g/mol. The van der Waals surface area contributed by atoms with Gasteiger partial charge in [-0.15, -0.1) is 0 Å². The maximum absolute atomic E-state index is 11.9. The van der Waals surface area contributed by atoms with Crippen LogP contribution in [0, 0.1) is 0 Å². The molecule has 0 saturated carbocycles. The number of allylic oxidation sites excluding steroid dienone is 1. The summed E-state index contributed by atoms with van der Waals surface area (Å²) in [6, 6.07) is 12.3. The number of carbonyl (C=O) groups excluding carboxylic acids is 3. The minimum atomic E-state index is -0.703. The second-order valence-corrected chi connectivity index (χ2v) is 6.26. The van der Waals surface area contributed by atoms with Gasteiger partial charge in [0.05, 0.1) is 27.4 Å². The zero-order chi connectivity index (χ0) is 19.0. The zero-order valence-corrected chi connectivity index (χ0v) is 17.5. The average Bonchev–Trinajstić information content (AvgIpc) is 2.72. The van der Waals surface area contributed by atoms with Crippen LogP contribution in [-0.4, -0.2) is 28.0 Å². The third-order valence-corrected chi connectivity index (χ3v) is 4.80. The van der Waals surface area contributed by atoms with Crippen molar-refractivity contribution in [2.75, 3.05) is 0 Å². The molecule has 0 amide bonds. The summed E-state index contributed by atoms with van der Waals surface area (Å²) >= 11 is 6.43. The summed E-state index contributed by atoms with van der Waals surface area (Å²) in [5.74, 6) is 4.73. The number of nitrogens with zero attached hydrogens (tertiary/aromatic N) is 2. The summed E-state index contributed by atoms with van der Waals surface area (Å²) in [6.07, 6.45) is 1.53. The first-order valence-electron chi connectivity index (χ1n) is 7.96. The molecule has 1 unspecified atom stereocenters. The predicted molar refractivity (Wildman–Crippen MR) is 102 cm³/mol. The summed E-state index contributed by atoms with van der Waals surface area (Å²) in [6.45, 7) is 0. The van der Waals surface area contributed by atoms with Crippen molar-refractivity contribution < 1.29 is 34.8 Å². The second-order valence-electron chi connectivity index (χ2n) is 5.87. The first-order valence-corrected chi connectivity index (χ1v) is 8.34. The number of halogens is 1. The number of fused-ring (bicyclic) bond motifs is 3. The van der Waals surface area contributed by atoms with Crippen LogP contribution < -0.4 is 10.4 Å². The quantitative estimate of drug-likeness (QED) is 0.425. The molecule has 3 aromatic rings. The van der Waals surface area contributed by atoms with E-state index in [1.165, 1.54) is 6.20 Å². The molecular weight excluding hydrogens is 550 g/mol. The third kappa shape index (κ3) is 2.92. The van der Waals surface area contributed by atoms with Gasteiger partial charge in [-0.05, 0) is 17.7 Å². The molecule has 28 heavy (non-hydrogen) atoms. The van der Waals surface area contributed by atoms with E-state index in [1.54, 1.807) is 48.3 Å². The molecule has 2 heterocycles. The van der Waals surface area contributed by atoms with Gasteiger partial charge in [-0.2, -0.15) is 0 Å². The predicted octanol–water partition coefficient (Wildman–Crippen LogP) is 1.52. The van der Waals surface area contributed by atoms with Crippen molar-refractivity contribution in [1.82, 2.24) is 4.98 Å². The summed E-state index contributed by atoms with van der Waals surface area (Å²) in [7, 11) is 0. The molecule has 135 valence electrons. The van der Waals surface area contributed by atoms with E-state index in [4.69, 9.17) is 11.6 Å². The minimum Gasteiger partial charge on any atom is -0.254 e. The molecule has 0 N–H and O–H groups in total. The van der Waals surface area contributed by atoms with E-state index in [-0.39, 0.29) is 52.9 Å². The molecule has 2 aromatic carbocycles. The Balaban J connectivity index is 0.00000225. The SMILES string of the molecule is O=C=C1c2c(c3ncccc3c(=C=O)c2=C=O)N=C(Cl)C1c1ccccc1.[Re]. The number of hydrogen-bond donors (Lipinski definition) is 0. The Morgan fingerprint density at radius 3 is 2.25 bits per heavy atom. The Morgan fingerprint density at radius 1 is 0.893 bits per heavy atom. The Kier molecular flexibility index (Phi) is 5.66. The van der Waals surface area contributed by atoms with Crippen molar-refractivity contribution >= 4 is 56.8 Å². The number of pyridine rings is 1. The number of aliphatic imine (C=N–C) groups is 1. The molecular formula is C21H9ClN2O3Re. The van der Waals surface area contributed by atoms with E-state index < -0.39 is 5.92 Å². The zero-order valence-electron chi connectivity index (χ0n) is 14.1. The standard InChI is InChI=1S/C21H9ClN2O3.Re/c22-21-17(12-5-2-1-3-6-12)16(11-27)18-15(10-26)14(9-25)13-7-4-8-23-19(13)20(18)24-21;/h1-8,17H;. The van der Waals surface area contributed by atoms with Gasteiger partial charge >= 0.3 is 0 Å². The largest absolute Gasteiger partial charge is 0.254 e. The fourth-order valence-corrected chi connectivity index (χ4v) is 3.69. The Morgan fingerprint density at radius 2 is 1.61 bits per heavy atom. The molecule has 7 heteroatoms. The molecule has 1 aromatic heterocycles. The van der Waals surface area contributed by atoms with Gasteiger partial charge in [0.15, 0.2) is 0 Å². The van der Waals surface area contributed by atoms with Crippen LogP contribution in [0.1, 0.15) is 17.0 Å². The van der Waals surface area contributed by atoms with Crippen LogP contribution in [0.25, 0.3) is 16.5 Å². The Hall–Kier alpha value is -2.92. The smallest absolute Gasteiger partial charge is 0.134 e. The summed E-state index contributed by atoms with van der Waals surface area (Å²) in [4.78, 5) is 44.0. The van der Waals surface area contributed by atoms with Gasteiger partial charge in [-0.3, -0.25) is 4.98 Å². The molecule has 1 aliphatic rings. The number of rotatable bonds is 1. The average molecular weight is 559 g/mol. The van der Waals surface area contributed by atoms with Gasteiger partial charge in [-0.1, -0.05) is 41.9 Å². The minimum absolute atomic E-state index is 0. The third-order valence-electron chi connectivity index (χ3n) is 4.50. The topological polar surface area (TPSA) is 76.5 Å². The van der Waals surface area contributed by atoms with Crippen LogP contribution in [0.2, 0.25) is 0 Å². The number of aromatic nitrogens is 1. The van der Waals surface area contributed by atoms with E-state index in [0.717, 1.165) is 0 Å². The van der Waals surface area contributed by atoms with Crippen LogP contribution in [0.3, 0.4) is 0 Å². The molecule has 0 saturated heterocycles. The summed E-state index contributed by atoms with van der Waals surface area (Å²) in [5.41, 5.74) is 1.59. The van der Waals surface area contributed by atoms with Crippen LogP contribution in [0.15, 0.2) is 53.7 Å². The molecule has 4 rings (SSSR count). The summed E-state index contributed by atoms with van der Waals surface area (Å²) in [5, 5.41) is 0.437. The molecule has 0 spiro atoms. The van der Waals surface area contributed by atoms with Crippen molar-refractivity contribution in [3.63, 3.8) is 0 Å². The van der Waals surface area contributed by atoms with Gasteiger partial charge in [0.2, 0.25) is 0 Å². The van der Waals surface area contributed by atoms with Crippen LogP contribution >= 0.6 is 11.6 Å². The van der Waals surface area contributed by atoms with Gasteiger partial charge in [0.25, 0.3) is 0 Å². The maximum Gasteiger partial charge on any atom is 0.134 e. The molecule has 0 fully saturated rings. The number of hydrogen-bond acceptors (Lipinski definition) is 5. The van der Waals surface area contributed by atoms with E-state index >= 15 is 0 Å². The molecule has 1 aliphatic heterocycles. The van der Waals surface area contributed by atoms with Crippen LogP contribution in [0.4, 0.5) is 5.69 Å². The van der Waals surface area contributed by atoms with Crippen LogP contribution in [0.5, 0.6) is 0 Å². The van der Waals surface area contributed by atoms with E-state index in [2.05, 4.69) is 9.98 Å². The van der Waals surface area contributed by atoms with Gasteiger partial charge < -0.3 is 0 Å². The summed E-state index contributed by atoms with van der Waals surface area (Å²) < 4.78 is 0. The Bertz CT molecular complexity index is 1350. The second kappa shape index (κ2) is 7.99. The molecule has 5 nitrogen and oxygen atoms in total. The first kappa shape index (κ1) is 19.8. The van der Waals surface area contributed by atoms with Crippen molar-refractivity contribution in [2.45, 2.75) is 5.92 Å². The van der Waals surface area contributed by atoms with Crippen molar-refractivity contribution in [1.29, 1.82) is 0 Å². The number of benzene rings is 2. The van der Waals surface area contributed by atoms with Crippen molar-refractivity contribution in [3.8, 4) is 0 Å². The maximum atomic E-state index is 11.9. The van der Waals surface area contributed by atoms with Gasteiger partial charge in [-0.25, -0.2) is 19.4 Å². The molecule has 0 bridgehead atoms. The van der Waals surface area contributed by atoms with E-state index in [1.807, 2.05) is 12.0 Å². The Labute approximate surface area is 177 Å². The first-order chi connectivity index (χ1) is 13.2. The van der Waals surface area contributed by atoms with Gasteiger partial charge in [0, 0.05) is 37.6 Å². The molecule has 1 atom stereocenters. The molecule has 1 radical (unpaired) electrons. The van der Waals surface area contributed by atoms with Crippen molar-refractivity contribution in [2.24, 2.45) is 4.99 Å². The van der Waals surface area contributed by atoms with Crippen molar-refractivity contribution in [3.05, 3.63) is 70.2 Å². The normalized spacial score (nSPS) is 14.8. The van der Waals surface area contributed by atoms with E-state index in [0.29, 0.717) is 16.5 Å². The molecule has 0 aliphatic carbocycles. The van der Waals surface area contributed by atoms with Gasteiger partial charge in [0.1, 0.15) is 28.7 Å². The fraction of sp³-hybridized carbons (Fsp3) is 0.0476.